The summed E-state index contributed by atoms with van der Waals surface area (Å²) in [4.78, 5) is 0. The van der Waals surface area contributed by atoms with E-state index in [1.165, 1.54) is 43.2 Å². The van der Waals surface area contributed by atoms with Crippen LogP contribution < -0.4 is 10.5 Å². The number of nitrogens with two attached hydrogens (primary N) is 1. The van der Waals surface area contributed by atoms with Gasteiger partial charge in [0.2, 0.25) is 0 Å². The SMILES string of the molecule is NCCCc1cc2c(cc1OCC1CC1)CCC2. The maximum atomic E-state index is 6.04. The van der Waals surface area contributed by atoms with Crippen molar-refractivity contribution in [2.45, 2.75) is 44.9 Å². The Morgan fingerprint density at radius 1 is 1.17 bits per heavy atom. The molecule has 1 aromatic rings. The van der Waals surface area contributed by atoms with Gasteiger partial charge in [-0.15, -0.1) is 0 Å². The molecule has 1 saturated carbocycles. The average Bonchev–Trinajstić information content (AvgIpc) is 3.10. The minimum Gasteiger partial charge on any atom is -0.493 e. The van der Waals surface area contributed by atoms with Gasteiger partial charge < -0.3 is 10.5 Å². The molecule has 0 spiro atoms. The summed E-state index contributed by atoms with van der Waals surface area (Å²) in [6, 6.07) is 4.68. The van der Waals surface area contributed by atoms with Gasteiger partial charge in [-0.05, 0) is 80.2 Å². The minimum atomic E-state index is 0.763. The fraction of sp³-hybridized carbons (Fsp3) is 0.625. The normalized spacial score (nSPS) is 17.8. The first-order valence-electron chi connectivity index (χ1n) is 7.34. The van der Waals surface area contributed by atoms with Crippen LogP contribution in [0.15, 0.2) is 12.1 Å². The van der Waals surface area contributed by atoms with E-state index >= 15 is 0 Å². The Labute approximate surface area is 110 Å². The van der Waals surface area contributed by atoms with Gasteiger partial charge in [-0.25, -0.2) is 0 Å². The van der Waals surface area contributed by atoms with Gasteiger partial charge in [-0.3, -0.25) is 0 Å². The Bertz CT molecular complexity index is 423. The lowest BCUT2D eigenvalue weighted by atomic mass is 10.0. The van der Waals surface area contributed by atoms with E-state index in [2.05, 4.69) is 12.1 Å². The van der Waals surface area contributed by atoms with E-state index in [1.54, 1.807) is 5.56 Å². The highest BCUT2D eigenvalue weighted by Gasteiger charge is 2.23. The monoisotopic (exact) mass is 245 g/mol. The third-order valence-electron chi connectivity index (χ3n) is 4.10. The van der Waals surface area contributed by atoms with Crippen LogP contribution in [0, 0.1) is 5.92 Å². The molecule has 2 nitrogen and oxygen atoms in total. The molecular weight excluding hydrogens is 222 g/mol. The molecule has 18 heavy (non-hydrogen) atoms. The fourth-order valence-electron chi connectivity index (χ4n) is 2.77. The number of rotatable bonds is 6. The second-order valence-electron chi connectivity index (χ2n) is 5.73. The molecule has 1 aromatic carbocycles. The topological polar surface area (TPSA) is 35.2 Å². The first kappa shape index (κ1) is 12.0. The van der Waals surface area contributed by atoms with Crippen molar-refractivity contribution in [3.05, 3.63) is 28.8 Å². The van der Waals surface area contributed by atoms with Gasteiger partial charge in [0.25, 0.3) is 0 Å². The van der Waals surface area contributed by atoms with E-state index < -0.39 is 0 Å². The van der Waals surface area contributed by atoms with Gasteiger partial charge in [0.15, 0.2) is 0 Å². The Balaban J connectivity index is 1.78. The third kappa shape index (κ3) is 2.69. The second kappa shape index (κ2) is 5.31. The van der Waals surface area contributed by atoms with Crippen molar-refractivity contribution >= 4 is 0 Å². The molecular formula is C16H23NO. The van der Waals surface area contributed by atoms with Gasteiger partial charge in [-0.2, -0.15) is 0 Å². The van der Waals surface area contributed by atoms with E-state index in [1.807, 2.05) is 0 Å². The lowest BCUT2D eigenvalue weighted by molar-refractivity contribution is 0.296. The fourth-order valence-corrected chi connectivity index (χ4v) is 2.77. The zero-order chi connectivity index (χ0) is 12.4. The molecule has 0 atom stereocenters. The van der Waals surface area contributed by atoms with E-state index in [0.717, 1.165) is 37.7 Å². The van der Waals surface area contributed by atoms with Crippen LogP contribution in [0.3, 0.4) is 0 Å². The first-order valence-corrected chi connectivity index (χ1v) is 7.34. The van der Waals surface area contributed by atoms with Crippen LogP contribution in [-0.2, 0) is 19.3 Å². The van der Waals surface area contributed by atoms with Crippen LogP contribution in [0.5, 0.6) is 5.75 Å². The Hall–Kier alpha value is -1.02. The van der Waals surface area contributed by atoms with Crippen molar-refractivity contribution in [1.29, 1.82) is 0 Å². The molecule has 3 rings (SSSR count). The third-order valence-corrected chi connectivity index (χ3v) is 4.10. The van der Waals surface area contributed by atoms with E-state index in [9.17, 15) is 0 Å². The highest BCUT2D eigenvalue weighted by atomic mass is 16.5. The maximum absolute atomic E-state index is 6.04. The zero-order valence-corrected chi connectivity index (χ0v) is 11.1. The van der Waals surface area contributed by atoms with Crippen molar-refractivity contribution in [2.75, 3.05) is 13.2 Å². The zero-order valence-electron chi connectivity index (χ0n) is 11.1. The number of fused-ring (bicyclic) bond motifs is 1. The van der Waals surface area contributed by atoms with Gasteiger partial charge in [0, 0.05) is 0 Å². The minimum absolute atomic E-state index is 0.763. The summed E-state index contributed by atoms with van der Waals surface area (Å²) in [6.45, 7) is 1.67. The predicted molar refractivity (Wildman–Crippen MR) is 74.1 cm³/mol. The molecule has 2 N–H and O–H groups in total. The maximum Gasteiger partial charge on any atom is 0.122 e. The van der Waals surface area contributed by atoms with Gasteiger partial charge in [-0.1, -0.05) is 6.07 Å². The van der Waals surface area contributed by atoms with Crippen LogP contribution >= 0.6 is 0 Å². The molecule has 0 heterocycles. The molecule has 1 fully saturated rings. The molecule has 0 radical (unpaired) electrons. The molecule has 0 bridgehead atoms. The van der Waals surface area contributed by atoms with Gasteiger partial charge >= 0.3 is 0 Å². The summed E-state index contributed by atoms with van der Waals surface area (Å²) in [6.07, 6.45) is 8.59. The summed E-state index contributed by atoms with van der Waals surface area (Å²) < 4.78 is 6.04. The van der Waals surface area contributed by atoms with Gasteiger partial charge in [0.05, 0.1) is 6.61 Å². The molecule has 0 aliphatic heterocycles. The van der Waals surface area contributed by atoms with Gasteiger partial charge in [0.1, 0.15) is 5.75 Å². The predicted octanol–water partition coefficient (Wildman–Crippen LogP) is 2.86. The molecule has 0 saturated heterocycles. The summed E-state index contributed by atoms with van der Waals surface area (Å²) in [5.41, 5.74) is 10.1. The highest BCUT2D eigenvalue weighted by molar-refractivity contribution is 5.45. The van der Waals surface area contributed by atoms with E-state index in [-0.39, 0.29) is 0 Å². The van der Waals surface area contributed by atoms with Crippen molar-refractivity contribution in [3.8, 4) is 5.75 Å². The molecule has 98 valence electrons. The summed E-state index contributed by atoms with van der Waals surface area (Å²) in [7, 11) is 0. The van der Waals surface area contributed by atoms with Crippen molar-refractivity contribution < 1.29 is 4.74 Å². The molecule has 0 unspecified atom stereocenters. The van der Waals surface area contributed by atoms with Crippen LogP contribution in [-0.4, -0.2) is 13.2 Å². The Kier molecular flexibility index (Phi) is 3.55. The first-order chi connectivity index (χ1) is 8.86. The second-order valence-corrected chi connectivity index (χ2v) is 5.73. The molecule has 2 aliphatic rings. The van der Waals surface area contributed by atoms with E-state index in [0.29, 0.717) is 0 Å². The molecule has 0 amide bonds. The van der Waals surface area contributed by atoms with Crippen LogP contribution in [0.4, 0.5) is 0 Å². The summed E-state index contributed by atoms with van der Waals surface area (Å²) in [5.74, 6) is 1.96. The molecule has 2 aliphatic carbocycles. The van der Waals surface area contributed by atoms with Crippen LogP contribution in [0.2, 0.25) is 0 Å². The number of hydrogen-bond donors (Lipinski definition) is 1. The largest absolute Gasteiger partial charge is 0.493 e. The number of benzene rings is 1. The number of hydrogen-bond acceptors (Lipinski definition) is 2. The highest BCUT2D eigenvalue weighted by Crippen LogP contribution is 2.33. The molecule has 2 heteroatoms. The smallest absolute Gasteiger partial charge is 0.122 e. The standard InChI is InChI=1S/C16H23NO/c17-8-2-5-15-9-13-3-1-4-14(13)10-16(15)18-11-12-6-7-12/h9-10,12H,1-8,11,17H2. The Morgan fingerprint density at radius 3 is 2.67 bits per heavy atom. The quantitative estimate of drug-likeness (QED) is 0.836. The molecule has 0 aromatic heterocycles. The Morgan fingerprint density at radius 2 is 1.94 bits per heavy atom. The van der Waals surface area contributed by atoms with Crippen molar-refractivity contribution in [2.24, 2.45) is 11.7 Å². The van der Waals surface area contributed by atoms with Crippen molar-refractivity contribution in [1.82, 2.24) is 0 Å². The van der Waals surface area contributed by atoms with Crippen LogP contribution in [0.1, 0.15) is 42.4 Å². The number of ether oxygens (including phenoxy) is 1. The van der Waals surface area contributed by atoms with Crippen LogP contribution in [0.25, 0.3) is 0 Å². The summed E-state index contributed by atoms with van der Waals surface area (Å²) >= 11 is 0. The summed E-state index contributed by atoms with van der Waals surface area (Å²) in [5, 5.41) is 0. The van der Waals surface area contributed by atoms with E-state index in [4.69, 9.17) is 10.5 Å². The van der Waals surface area contributed by atoms with Crippen molar-refractivity contribution in [3.63, 3.8) is 0 Å². The average molecular weight is 245 g/mol. The lowest BCUT2D eigenvalue weighted by Gasteiger charge is -2.13. The lowest BCUT2D eigenvalue weighted by Crippen LogP contribution is -2.05. The number of aryl methyl sites for hydroxylation is 3.